The van der Waals surface area contributed by atoms with E-state index in [4.69, 9.17) is 14.2 Å². The summed E-state index contributed by atoms with van der Waals surface area (Å²) in [4.78, 5) is 54.7. The van der Waals surface area contributed by atoms with Gasteiger partial charge in [0.05, 0.1) is 18.1 Å². The van der Waals surface area contributed by atoms with Crippen LogP contribution >= 0.6 is 0 Å². The largest absolute Gasteiger partial charge is 0.457 e. The summed E-state index contributed by atoms with van der Waals surface area (Å²) in [6, 6.07) is 16.2. The van der Waals surface area contributed by atoms with Crippen LogP contribution in [-0.4, -0.2) is 79.3 Å². The number of rotatable bonds is 9. The Balaban J connectivity index is 1.16. The standard InChI is InChI=1S/C41H47FN2O8/c1-24(22-43-35(48)25-9-7-6-8-10-25)36(49)50-23-33(47)41-34(51-37(52-41)26-11-14-28(15-12-26)44(4)5)20-31-30-16-13-27-19-29(45)17-18-38(27,2)40(30,42)32(46)21-39(31,41)3/h6-12,14-15,17-19,24,30-32,34,37,46H,13,16,20-23H2,1-5H3,(H,43,48)/t24?,30-,31-,32-,34+,37?,38-,39-,40-,41+/m0/s1. The van der Waals surface area contributed by atoms with E-state index in [0.29, 0.717) is 36.0 Å². The first kappa shape index (κ1) is 36.2. The molecular weight excluding hydrogens is 667 g/mol. The van der Waals surface area contributed by atoms with Crippen LogP contribution < -0.4 is 10.2 Å². The number of halogens is 1. The number of Topliss-reactive ketones (excluding diaryl/α,β-unsaturated/α-hetero) is 1. The average molecular weight is 715 g/mol. The molecule has 2 N–H and O–H groups in total. The normalized spacial score (nSPS) is 36.4. The first-order valence-corrected chi connectivity index (χ1v) is 18.1. The molecule has 5 aliphatic rings. The molecule has 11 heteroatoms. The highest BCUT2D eigenvalue weighted by molar-refractivity contribution is 6.01. The number of aliphatic hydroxyl groups excluding tert-OH is 1. The number of amides is 1. The van der Waals surface area contributed by atoms with Crippen molar-refractivity contribution in [1.29, 1.82) is 0 Å². The van der Waals surface area contributed by atoms with Crippen molar-refractivity contribution in [2.24, 2.45) is 28.6 Å². The van der Waals surface area contributed by atoms with Crippen molar-refractivity contribution >= 4 is 29.1 Å². The Labute approximate surface area is 303 Å². The molecule has 7 rings (SSSR count). The van der Waals surface area contributed by atoms with Gasteiger partial charge in [0, 0.05) is 54.2 Å². The van der Waals surface area contributed by atoms with Crippen LogP contribution in [-0.2, 0) is 28.6 Å². The number of benzene rings is 2. The van der Waals surface area contributed by atoms with Crippen LogP contribution in [0.25, 0.3) is 0 Å². The lowest BCUT2D eigenvalue weighted by atomic mass is 9.44. The first-order chi connectivity index (χ1) is 24.7. The molecule has 1 aliphatic heterocycles. The molecule has 10 atom stereocenters. The third-order valence-corrected chi connectivity index (χ3v) is 12.8. The molecule has 4 fully saturated rings. The molecule has 1 heterocycles. The Bertz CT molecular complexity index is 1830. The quantitative estimate of drug-likeness (QED) is 0.342. The highest BCUT2D eigenvalue weighted by atomic mass is 19.1. The van der Waals surface area contributed by atoms with Gasteiger partial charge in [0.2, 0.25) is 5.78 Å². The number of nitrogens with zero attached hydrogens (tertiary/aromatic N) is 1. The molecule has 1 saturated heterocycles. The van der Waals surface area contributed by atoms with Gasteiger partial charge in [0.25, 0.3) is 5.91 Å². The van der Waals surface area contributed by atoms with Gasteiger partial charge in [-0.15, -0.1) is 0 Å². The topological polar surface area (TPSA) is 131 Å². The molecule has 2 aromatic rings. The number of carbonyl (C=O) groups excluding carboxylic acids is 4. The zero-order chi connectivity index (χ0) is 37.2. The van der Waals surface area contributed by atoms with Crippen LogP contribution in [0.5, 0.6) is 0 Å². The van der Waals surface area contributed by atoms with Crippen molar-refractivity contribution in [2.45, 2.75) is 76.2 Å². The molecule has 0 bridgehead atoms. The van der Waals surface area contributed by atoms with E-state index in [0.717, 1.165) is 5.69 Å². The summed E-state index contributed by atoms with van der Waals surface area (Å²) in [5.41, 5.74) is -3.27. The number of hydrogen-bond acceptors (Lipinski definition) is 9. The van der Waals surface area contributed by atoms with E-state index in [1.807, 2.05) is 50.2 Å². The number of hydrogen-bond donors (Lipinski definition) is 2. The predicted octanol–water partition coefficient (Wildman–Crippen LogP) is 5.06. The minimum atomic E-state index is -2.10. The summed E-state index contributed by atoms with van der Waals surface area (Å²) < 4.78 is 36.9. The number of allylic oxidation sites excluding steroid dienone is 4. The summed E-state index contributed by atoms with van der Waals surface area (Å²) in [5, 5.41) is 14.7. The fourth-order valence-corrected chi connectivity index (χ4v) is 9.94. The maximum atomic E-state index is 17.9. The first-order valence-electron chi connectivity index (χ1n) is 18.1. The van der Waals surface area contributed by atoms with Crippen LogP contribution in [0.3, 0.4) is 0 Å². The van der Waals surface area contributed by atoms with E-state index in [-0.39, 0.29) is 24.7 Å². The lowest BCUT2D eigenvalue weighted by Crippen LogP contribution is -2.69. The molecule has 2 unspecified atom stereocenters. The van der Waals surface area contributed by atoms with Crippen molar-refractivity contribution < 1.29 is 42.9 Å². The Hall–Kier alpha value is -4.19. The van der Waals surface area contributed by atoms with Crippen molar-refractivity contribution in [3.05, 3.63) is 89.5 Å². The number of alkyl halides is 1. The van der Waals surface area contributed by atoms with Crippen molar-refractivity contribution in [1.82, 2.24) is 5.32 Å². The number of carbonyl (C=O) groups is 4. The lowest BCUT2D eigenvalue weighted by Gasteiger charge is -2.62. The minimum absolute atomic E-state index is 0.000633. The molecular formula is C41H47FN2O8. The molecule has 276 valence electrons. The third-order valence-electron chi connectivity index (χ3n) is 12.8. The van der Waals surface area contributed by atoms with Gasteiger partial charge in [-0.1, -0.05) is 55.8 Å². The number of ether oxygens (including phenoxy) is 3. The number of aliphatic hydroxyl groups is 1. The van der Waals surface area contributed by atoms with E-state index >= 15 is 4.39 Å². The maximum Gasteiger partial charge on any atom is 0.310 e. The lowest BCUT2D eigenvalue weighted by molar-refractivity contribution is -0.231. The number of fused-ring (bicyclic) bond motifs is 7. The molecule has 1 amide bonds. The predicted molar refractivity (Wildman–Crippen MR) is 190 cm³/mol. The fraction of sp³-hybridized carbons (Fsp3) is 0.512. The third kappa shape index (κ3) is 5.38. The second-order valence-electron chi connectivity index (χ2n) is 15.8. The maximum absolute atomic E-state index is 17.9. The molecule has 0 aromatic heterocycles. The SMILES string of the molecule is CC(CNC(=O)c1ccccc1)C(=O)OCC(=O)[C@@]12OC(c3ccc(N(C)C)cc3)O[C@@H]1C[C@H]1[C@@H]3CCC4=CC(=O)C=C[C@]4(C)[C@@]3(F)[C@@H](O)C[C@@]12C. The second-order valence-corrected chi connectivity index (χ2v) is 15.8. The van der Waals surface area contributed by atoms with Crippen LogP contribution in [0.2, 0.25) is 0 Å². The van der Waals surface area contributed by atoms with E-state index in [1.165, 1.54) is 12.2 Å². The van der Waals surface area contributed by atoms with Crippen LogP contribution in [0.4, 0.5) is 10.1 Å². The number of esters is 1. The zero-order valence-corrected chi connectivity index (χ0v) is 30.3. The van der Waals surface area contributed by atoms with Crippen LogP contribution in [0, 0.1) is 28.6 Å². The van der Waals surface area contributed by atoms with E-state index < -0.39 is 76.7 Å². The van der Waals surface area contributed by atoms with Crippen molar-refractivity contribution in [3.63, 3.8) is 0 Å². The Morgan fingerprint density at radius 2 is 1.79 bits per heavy atom. The molecule has 0 radical (unpaired) electrons. The summed E-state index contributed by atoms with van der Waals surface area (Å²) in [6.45, 7) is 4.60. The Kier molecular flexibility index (Phi) is 9.07. The van der Waals surface area contributed by atoms with Gasteiger partial charge >= 0.3 is 5.97 Å². The van der Waals surface area contributed by atoms with E-state index in [1.54, 1.807) is 50.3 Å². The Morgan fingerprint density at radius 1 is 1.08 bits per heavy atom. The van der Waals surface area contributed by atoms with E-state index in [2.05, 4.69) is 5.32 Å². The number of ketones is 2. The fourth-order valence-electron chi connectivity index (χ4n) is 9.94. The van der Waals surface area contributed by atoms with E-state index in [9.17, 15) is 24.3 Å². The smallest absolute Gasteiger partial charge is 0.310 e. The van der Waals surface area contributed by atoms with Crippen LogP contribution in [0.15, 0.2) is 78.4 Å². The molecule has 10 nitrogen and oxygen atoms in total. The van der Waals surface area contributed by atoms with Crippen molar-refractivity contribution in [2.75, 3.05) is 32.1 Å². The second kappa shape index (κ2) is 13.0. The molecule has 4 aliphatic carbocycles. The van der Waals surface area contributed by atoms with Gasteiger partial charge in [0.1, 0.15) is 0 Å². The summed E-state index contributed by atoms with van der Waals surface area (Å²) in [6.07, 6.45) is 2.29. The van der Waals surface area contributed by atoms with Gasteiger partial charge in [-0.2, -0.15) is 0 Å². The van der Waals surface area contributed by atoms with Gasteiger partial charge in [-0.05, 0) is 74.9 Å². The molecule has 0 spiro atoms. The van der Waals surface area contributed by atoms with Gasteiger partial charge in [-0.3, -0.25) is 19.2 Å². The number of nitrogens with one attached hydrogen (secondary N) is 1. The van der Waals surface area contributed by atoms with Gasteiger partial charge in [-0.25, -0.2) is 4.39 Å². The molecule has 2 aromatic carbocycles. The summed E-state index contributed by atoms with van der Waals surface area (Å²) in [5.74, 6) is -3.58. The van der Waals surface area contributed by atoms with Gasteiger partial charge < -0.3 is 29.5 Å². The minimum Gasteiger partial charge on any atom is -0.457 e. The zero-order valence-electron chi connectivity index (χ0n) is 30.3. The summed E-state index contributed by atoms with van der Waals surface area (Å²) in [7, 11) is 3.86. The molecule has 3 saturated carbocycles. The van der Waals surface area contributed by atoms with Crippen molar-refractivity contribution in [3.8, 4) is 0 Å². The monoisotopic (exact) mass is 714 g/mol. The number of anilines is 1. The van der Waals surface area contributed by atoms with Crippen LogP contribution in [0.1, 0.15) is 68.7 Å². The average Bonchev–Trinajstić information content (AvgIpc) is 3.63. The molecule has 52 heavy (non-hydrogen) atoms. The highest BCUT2D eigenvalue weighted by Crippen LogP contribution is 2.72. The van der Waals surface area contributed by atoms with Gasteiger partial charge in [0.15, 0.2) is 29.9 Å². The highest BCUT2D eigenvalue weighted by Gasteiger charge is 2.79. The summed E-state index contributed by atoms with van der Waals surface area (Å²) >= 11 is 0. The Morgan fingerprint density at radius 3 is 2.48 bits per heavy atom.